The number of hydrogen-bond donors (Lipinski definition) is 1. The summed E-state index contributed by atoms with van der Waals surface area (Å²) in [6.07, 6.45) is 6.14. The largest absolute Gasteiger partial charge is 0.468 e. The van der Waals surface area contributed by atoms with E-state index in [4.69, 9.17) is 4.42 Å². The monoisotopic (exact) mass is 256 g/mol. The second-order valence-electron chi connectivity index (χ2n) is 4.32. The summed E-state index contributed by atoms with van der Waals surface area (Å²) in [4.78, 5) is 2.44. The van der Waals surface area contributed by atoms with Crippen LogP contribution in [0.1, 0.15) is 18.6 Å². The van der Waals surface area contributed by atoms with Crippen molar-refractivity contribution in [1.29, 1.82) is 0 Å². The standard InChI is InChI=1S/C13H20N2O.ClH/c1-2-7-15-8-5-12(6-9-15)14-11-13-4-3-10-16-13;/h2-4,10,12,14H,1,5-9,11H2;1H. The molecular formula is C13H21ClN2O. The second-order valence-corrected chi connectivity index (χ2v) is 4.32. The smallest absolute Gasteiger partial charge is 0.117 e. The molecule has 3 nitrogen and oxygen atoms in total. The summed E-state index contributed by atoms with van der Waals surface area (Å²) in [6.45, 7) is 7.98. The molecule has 1 N–H and O–H groups in total. The van der Waals surface area contributed by atoms with Gasteiger partial charge in [0.2, 0.25) is 0 Å². The molecule has 0 spiro atoms. The maximum atomic E-state index is 5.30. The molecule has 0 amide bonds. The van der Waals surface area contributed by atoms with Crippen LogP contribution >= 0.6 is 12.4 Å². The predicted octanol–water partition coefficient (Wildman–Crippen LogP) is 2.44. The summed E-state index contributed by atoms with van der Waals surface area (Å²) in [5.74, 6) is 1.02. The average Bonchev–Trinajstić information content (AvgIpc) is 2.82. The number of furan rings is 1. The van der Waals surface area contributed by atoms with E-state index in [1.807, 2.05) is 18.2 Å². The maximum absolute atomic E-state index is 5.30. The van der Waals surface area contributed by atoms with Crippen molar-refractivity contribution in [3.05, 3.63) is 36.8 Å². The van der Waals surface area contributed by atoms with E-state index < -0.39 is 0 Å². The van der Waals surface area contributed by atoms with E-state index in [2.05, 4.69) is 16.8 Å². The van der Waals surface area contributed by atoms with Gasteiger partial charge in [-0.25, -0.2) is 0 Å². The van der Waals surface area contributed by atoms with E-state index >= 15 is 0 Å². The van der Waals surface area contributed by atoms with Gasteiger partial charge in [0.25, 0.3) is 0 Å². The van der Waals surface area contributed by atoms with E-state index in [-0.39, 0.29) is 12.4 Å². The molecule has 0 aromatic carbocycles. The molecule has 1 fully saturated rings. The second kappa shape index (κ2) is 7.54. The first-order valence-electron chi connectivity index (χ1n) is 5.97. The molecule has 1 aromatic heterocycles. The van der Waals surface area contributed by atoms with E-state index in [0.717, 1.165) is 18.8 Å². The Labute approximate surface area is 109 Å². The first-order chi connectivity index (χ1) is 7.88. The fourth-order valence-electron chi connectivity index (χ4n) is 2.16. The molecule has 2 heterocycles. The SMILES string of the molecule is C=CCN1CCC(NCc2ccco2)CC1.Cl. The van der Waals surface area contributed by atoms with E-state index in [1.54, 1.807) is 6.26 Å². The van der Waals surface area contributed by atoms with Crippen molar-refractivity contribution >= 4 is 12.4 Å². The van der Waals surface area contributed by atoms with E-state index in [9.17, 15) is 0 Å². The van der Waals surface area contributed by atoms with Gasteiger partial charge in [-0.15, -0.1) is 19.0 Å². The van der Waals surface area contributed by atoms with Gasteiger partial charge in [0.1, 0.15) is 5.76 Å². The van der Waals surface area contributed by atoms with Crippen LogP contribution in [0, 0.1) is 0 Å². The van der Waals surface area contributed by atoms with Crippen molar-refractivity contribution in [3.8, 4) is 0 Å². The van der Waals surface area contributed by atoms with Crippen LogP contribution in [0.25, 0.3) is 0 Å². The van der Waals surface area contributed by atoms with Gasteiger partial charge in [-0.1, -0.05) is 6.08 Å². The zero-order valence-corrected chi connectivity index (χ0v) is 10.9. The Kier molecular flexibility index (Phi) is 6.34. The Morgan fingerprint density at radius 2 is 2.24 bits per heavy atom. The molecule has 96 valence electrons. The van der Waals surface area contributed by atoms with Crippen LogP contribution in [-0.4, -0.2) is 30.6 Å². The molecule has 2 rings (SSSR count). The van der Waals surface area contributed by atoms with Crippen molar-refractivity contribution in [3.63, 3.8) is 0 Å². The third-order valence-electron chi connectivity index (χ3n) is 3.12. The third-order valence-corrected chi connectivity index (χ3v) is 3.12. The van der Waals surface area contributed by atoms with Gasteiger partial charge >= 0.3 is 0 Å². The average molecular weight is 257 g/mol. The number of rotatable bonds is 5. The summed E-state index contributed by atoms with van der Waals surface area (Å²) >= 11 is 0. The highest BCUT2D eigenvalue weighted by molar-refractivity contribution is 5.85. The first kappa shape index (κ1) is 14.3. The summed E-state index contributed by atoms with van der Waals surface area (Å²) in [7, 11) is 0. The summed E-state index contributed by atoms with van der Waals surface area (Å²) in [6, 6.07) is 4.58. The molecule has 4 heteroatoms. The fourth-order valence-corrected chi connectivity index (χ4v) is 2.16. The molecule has 17 heavy (non-hydrogen) atoms. The highest BCUT2D eigenvalue weighted by Gasteiger charge is 2.17. The minimum atomic E-state index is 0. The fraction of sp³-hybridized carbons (Fsp3) is 0.538. The molecule has 0 radical (unpaired) electrons. The number of halogens is 1. The highest BCUT2D eigenvalue weighted by Crippen LogP contribution is 2.11. The maximum Gasteiger partial charge on any atom is 0.117 e. The van der Waals surface area contributed by atoms with Gasteiger partial charge in [-0.05, 0) is 38.1 Å². The van der Waals surface area contributed by atoms with Crippen molar-refractivity contribution in [2.75, 3.05) is 19.6 Å². The number of likely N-dealkylation sites (tertiary alicyclic amines) is 1. The van der Waals surface area contributed by atoms with E-state index in [0.29, 0.717) is 6.04 Å². The van der Waals surface area contributed by atoms with Crippen LogP contribution in [0.3, 0.4) is 0 Å². The summed E-state index contributed by atoms with van der Waals surface area (Å²) in [5.41, 5.74) is 0. The normalized spacial score (nSPS) is 17.6. The van der Waals surface area contributed by atoms with Crippen LogP contribution in [0.4, 0.5) is 0 Å². The van der Waals surface area contributed by atoms with Gasteiger partial charge in [0.05, 0.1) is 12.8 Å². The molecule has 1 aromatic rings. The van der Waals surface area contributed by atoms with Crippen LogP contribution in [0.15, 0.2) is 35.5 Å². The molecule has 0 atom stereocenters. The molecule has 1 aliphatic rings. The topological polar surface area (TPSA) is 28.4 Å². The zero-order chi connectivity index (χ0) is 11.2. The van der Waals surface area contributed by atoms with E-state index in [1.165, 1.54) is 25.9 Å². The predicted molar refractivity (Wildman–Crippen MR) is 72.5 cm³/mol. The Balaban J connectivity index is 0.00000144. The molecule has 0 unspecified atom stereocenters. The van der Waals surface area contributed by atoms with Crippen LogP contribution in [0.5, 0.6) is 0 Å². The van der Waals surface area contributed by atoms with Gasteiger partial charge < -0.3 is 9.73 Å². The number of piperidine rings is 1. The minimum Gasteiger partial charge on any atom is -0.468 e. The summed E-state index contributed by atoms with van der Waals surface area (Å²) in [5, 5.41) is 3.54. The van der Waals surface area contributed by atoms with Gasteiger partial charge in [-0.3, -0.25) is 4.90 Å². The lowest BCUT2D eigenvalue weighted by Gasteiger charge is -2.31. The van der Waals surface area contributed by atoms with Crippen molar-refractivity contribution in [1.82, 2.24) is 10.2 Å². The molecule has 0 bridgehead atoms. The van der Waals surface area contributed by atoms with Crippen LogP contribution < -0.4 is 5.32 Å². The quantitative estimate of drug-likeness (QED) is 0.821. The number of hydrogen-bond acceptors (Lipinski definition) is 3. The molecule has 0 saturated carbocycles. The Morgan fingerprint density at radius 1 is 1.47 bits per heavy atom. The lowest BCUT2D eigenvalue weighted by atomic mass is 10.1. The lowest BCUT2D eigenvalue weighted by Crippen LogP contribution is -2.42. The van der Waals surface area contributed by atoms with Crippen LogP contribution in [-0.2, 0) is 6.54 Å². The van der Waals surface area contributed by atoms with Gasteiger partial charge in [0.15, 0.2) is 0 Å². The zero-order valence-electron chi connectivity index (χ0n) is 10.1. The van der Waals surface area contributed by atoms with Crippen molar-refractivity contribution < 1.29 is 4.42 Å². The lowest BCUT2D eigenvalue weighted by molar-refractivity contribution is 0.213. The molecule has 1 aliphatic heterocycles. The highest BCUT2D eigenvalue weighted by atomic mass is 35.5. The number of nitrogens with one attached hydrogen (secondary N) is 1. The van der Waals surface area contributed by atoms with Gasteiger partial charge in [-0.2, -0.15) is 0 Å². The Morgan fingerprint density at radius 3 is 2.82 bits per heavy atom. The minimum absolute atomic E-state index is 0. The Bertz CT molecular complexity index is 305. The Hall–Kier alpha value is -0.770. The van der Waals surface area contributed by atoms with Gasteiger partial charge in [0, 0.05) is 12.6 Å². The molecule has 0 aliphatic carbocycles. The first-order valence-corrected chi connectivity index (χ1v) is 5.97. The van der Waals surface area contributed by atoms with Crippen molar-refractivity contribution in [2.24, 2.45) is 0 Å². The third kappa shape index (κ3) is 4.54. The molecule has 1 saturated heterocycles. The molecular weight excluding hydrogens is 236 g/mol. The van der Waals surface area contributed by atoms with Crippen LogP contribution in [0.2, 0.25) is 0 Å². The van der Waals surface area contributed by atoms with Crippen molar-refractivity contribution in [2.45, 2.75) is 25.4 Å². The number of nitrogens with zero attached hydrogens (tertiary/aromatic N) is 1. The summed E-state index contributed by atoms with van der Waals surface area (Å²) < 4.78 is 5.30.